The molecule has 23 heavy (non-hydrogen) atoms. The van der Waals surface area contributed by atoms with Crippen molar-refractivity contribution in [3.63, 3.8) is 0 Å². The number of halogens is 1. The van der Waals surface area contributed by atoms with Crippen LogP contribution < -0.4 is 10.2 Å². The lowest BCUT2D eigenvalue weighted by molar-refractivity contribution is 0.0951. The Morgan fingerprint density at radius 1 is 1.35 bits per heavy atom. The van der Waals surface area contributed by atoms with Crippen molar-refractivity contribution in [3.8, 4) is 5.75 Å². The van der Waals surface area contributed by atoms with Crippen molar-refractivity contribution in [2.75, 3.05) is 18.0 Å². The quantitative estimate of drug-likeness (QED) is 0.905. The first-order chi connectivity index (χ1) is 11.1. The molecule has 0 saturated carbocycles. The first-order valence-corrected chi connectivity index (χ1v) is 8.05. The molecule has 0 aromatic heterocycles. The van der Waals surface area contributed by atoms with Gasteiger partial charge in [0.1, 0.15) is 5.75 Å². The van der Waals surface area contributed by atoms with E-state index in [9.17, 15) is 9.90 Å². The number of para-hydroxylation sites is 1. The molecule has 3 rings (SSSR count). The van der Waals surface area contributed by atoms with Gasteiger partial charge in [0.2, 0.25) is 0 Å². The van der Waals surface area contributed by atoms with Crippen LogP contribution in [-0.4, -0.2) is 30.1 Å². The minimum atomic E-state index is -0.189. The molecule has 0 bridgehead atoms. The smallest absolute Gasteiger partial charge is 0.251 e. The third kappa shape index (κ3) is 3.27. The van der Waals surface area contributed by atoms with Crippen LogP contribution in [0.3, 0.4) is 0 Å². The summed E-state index contributed by atoms with van der Waals surface area (Å²) in [5, 5.41) is 12.5. The van der Waals surface area contributed by atoms with Gasteiger partial charge in [-0.05, 0) is 43.2 Å². The van der Waals surface area contributed by atoms with Gasteiger partial charge in [0.15, 0.2) is 0 Å². The van der Waals surface area contributed by atoms with Crippen LogP contribution in [0.15, 0.2) is 42.5 Å². The molecule has 1 heterocycles. The number of hydrogen-bond donors (Lipinski definition) is 2. The van der Waals surface area contributed by atoms with Gasteiger partial charge < -0.3 is 15.3 Å². The lowest BCUT2D eigenvalue weighted by Gasteiger charge is -2.27. The second kappa shape index (κ2) is 6.50. The summed E-state index contributed by atoms with van der Waals surface area (Å²) in [5.74, 6) is -0.212. The number of carbonyl (C=O) groups is 1. The van der Waals surface area contributed by atoms with Crippen LogP contribution in [0.25, 0.3) is 0 Å². The van der Waals surface area contributed by atoms with Crippen LogP contribution in [0.4, 0.5) is 5.69 Å². The molecule has 4 nitrogen and oxygen atoms in total. The molecular weight excluding hydrogens is 312 g/mol. The molecule has 2 aromatic carbocycles. The fraction of sp³-hybridized carbons (Fsp3) is 0.278. The number of benzene rings is 2. The average Bonchev–Trinajstić information content (AvgIpc) is 2.99. The first-order valence-electron chi connectivity index (χ1n) is 7.67. The van der Waals surface area contributed by atoms with Crippen molar-refractivity contribution in [1.82, 2.24) is 5.32 Å². The number of hydrogen-bond acceptors (Lipinski definition) is 3. The first kappa shape index (κ1) is 15.7. The summed E-state index contributed by atoms with van der Waals surface area (Å²) in [6.07, 6.45) is 1.04. The molecule has 0 spiro atoms. The molecule has 1 aliphatic rings. The minimum Gasteiger partial charge on any atom is -0.506 e. The lowest BCUT2D eigenvalue weighted by Crippen LogP contribution is -2.41. The molecule has 120 valence electrons. The Balaban J connectivity index is 1.62. The lowest BCUT2D eigenvalue weighted by atomic mass is 10.1. The number of carbonyl (C=O) groups excluding carboxylic acids is 1. The Kier molecular flexibility index (Phi) is 4.44. The molecule has 1 amide bonds. The van der Waals surface area contributed by atoms with Gasteiger partial charge in [-0.2, -0.15) is 0 Å². The Labute approximate surface area is 140 Å². The number of rotatable bonds is 4. The summed E-state index contributed by atoms with van der Waals surface area (Å²) >= 11 is 5.84. The molecule has 0 unspecified atom stereocenters. The van der Waals surface area contributed by atoms with Crippen molar-refractivity contribution < 1.29 is 9.90 Å². The van der Waals surface area contributed by atoms with Crippen LogP contribution in [-0.2, 0) is 6.42 Å². The fourth-order valence-electron chi connectivity index (χ4n) is 2.92. The predicted octanol–water partition coefficient (Wildman–Crippen LogP) is 3.23. The summed E-state index contributed by atoms with van der Waals surface area (Å²) in [5.41, 5.74) is 3.06. The fourth-order valence-corrected chi connectivity index (χ4v) is 3.10. The van der Waals surface area contributed by atoms with E-state index in [4.69, 9.17) is 11.6 Å². The zero-order chi connectivity index (χ0) is 16.4. The normalized spacial score (nSPS) is 14.4. The second-order valence-electron chi connectivity index (χ2n) is 5.80. The highest BCUT2D eigenvalue weighted by atomic mass is 35.5. The molecule has 1 aliphatic heterocycles. The van der Waals surface area contributed by atoms with Crippen molar-refractivity contribution in [2.24, 2.45) is 0 Å². The maximum Gasteiger partial charge on any atom is 0.251 e. The summed E-state index contributed by atoms with van der Waals surface area (Å²) < 4.78 is 0. The SMILES string of the molecule is C[C@H](CNC(=O)c1ccc(O)c(Cl)c1)N1CCc2ccccc21. The standard InChI is InChI=1S/C18H19ClN2O2/c1-12(21-9-8-13-4-2-3-5-16(13)21)11-20-18(23)14-6-7-17(22)15(19)10-14/h2-7,10,12,22H,8-9,11H2,1H3,(H,20,23)/t12-/m1/s1. The number of fused-ring (bicyclic) bond motifs is 1. The Hall–Kier alpha value is -2.20. The third-order valence-corrected chi connectivity index (χ3v) is 4.53. The van der Waals surface area contributed by atoms with Crippen LogP contribution >= 0.6 is 11.6 Å². The van der Waals surface area contributed by atoms with Gasteiger partial charge in [0.25, 0.3) is 5.91 Å². The third-order valence-electron chi connectivity index (χ3n) is 4.22. The van der Waals surface area contributed by atoms with Gasteiger partial charge in [-0.25, -0.2) is 0 Å². The van der Waals surface area contributed by atoms with Crippen molar-refractivity contribution >= 4 is 23.2 Å². The van der Waals surface area contributed by atoms with Crippen molar-refractivity contribution in [3.05, 3.63) is 58.6 Å². The molecule has 0 radical (unpaired) electrons. The van der Waals surface area contributed by atoms with Crippen LogP contribution in [0, 0.1) is 0 Å². The van der Waals surface area contributed by atoms with E-state index in [-0.39, 0.29) is 22.7 Å². The Morgan fingerprint density at radius 3 is 2.91 bits per heavy atom. The zero-order valence-electron chi connectivity index (χ0n) is 12.9. The van der Waals surface area contributed by atoms with Gasteiger partial charge >= 0.3 is 0 Å². The monoisotopic (exact) mass is 330 g/mol. The van der Waals surface area contributed by atoms with Gasteiger partial charge in [-0.1, -0.05) is 29.8 Å². The molecule has 5 heteroatoms. The molecule has 1 atom stereocenters. The van der Waals surface area contributed by atoms with Gasteiger partial charge in [0, 0.05) is 30.4 Å². The van der Waals surface area contributed by atoms with E-state index >= 15 is 0 Å². The topological polar surface area (TPSA) is 52.6 Å². The Bertz CT molecular complexity index is 733. The van der Waals surface area contributed by atoms with E-state index < -0.39 is 0 Å². The van der Waals surface area contributed by atoms with Gasteiger partial charge in [-0.15, -0.1) is 0 Å². The van der Waals surface area contributed by atoms with Crippen LogP contribution in [0.2, 0.25) is 5.02 Å². The highest BCUT2D eigenvalue weighted by Crippen LogP contribution is 2.29. The number of nitrogens with one attached hydrogen (secondary N) is 1. The van der Waals surface area contributed by atoms with E-state index in [1.165, 1.54) is 23.4 Å². The molecule has 2 N–H and O–H groups in total. The number of anilines is 1. The van der Waals surface area contributed by atoms with Gasteiger partial charge in [0.05, 0.1) is 5.02 Å². The number of amides is 1. The van der Waals surface area contributed by atoms with Crippen LogP contribution in [0.1, 0.15) is 22.8 Å². The minimum absolute atomic E-state index is 0.0229. The second-order valence-corrected chi connectivity index (χ2v) is 6.20. The van der Waals surface area contributed by atoms with E-state index in [2.05, 4.69) is 35.3 Å². The predicted molar refractivity (Wildman–Crippen MR) is 92.4 cm³/mol. The maximum absolute atomic E-state index is 12.2. The number of phenols is 1. The molecule has 2 aromatic rings. The molecular formula is C18H19ClN2O2. The molecule has 0 fully saturated rings. The van der Waals surface area contributed by atoms with Crippen LogP contribution in [0.5, 0.6) is 5.75 Å². The average molecular weight is 331 g/mol. The maximum atomic E-state index is 12.2. The van der Waals surface area contributed by atoms with E-state index in [0.717, 1.165) is 13.0 Å². The van der Waals surface area contributed by atoms with E-state index in [0.29, 0.717) is 12.1 Å². The molecule has 0 aliphatic carbocycles. The van der Waals surface area contributed by atoms with Gasteiger partial charge in [-0.3, -0.25) is 4.79 Å². The summed E-state index contributed by atoms with van der Waals surface area (Å²) in [7, 11) is 0. The molecule has 0 saturated heterocycles. The summed E-state index contributed by atoms with van der Waals surface area (Å²) in [4.78, 5) is 14.5. The zero-order valence-corrected chi connectivity index (χ0v) is 13.7. The highest BCUT2D eigenvalue weighted by molar-refractivity contribution is 6.32. The number of phenolic OH excluding ortho intramolecular Hbond substituents is 1. The van der Waals surface area contributed by atoms with E-state index in [1.807, 2.05) is 6.07 Å². The van der Waals surface area contributed by atoms with E-state index in [1.54, 1.807) is 6.07 Å². The number of aromatic hydroxyl groups is 1. The highest BCUT2D eigenvalue weighted by Gasteiger charge is 2.23. The Morgan fingerprint density at radius 2 is 2.13 bits per heavy atom. The number of nitrogens with zero attached hydrogens (tertiary/aromatic N) is 1. The van der Waals surface area contributed by atoms with Crippen molar-refractivity contribution in [1.29, 1.82) is 0 Å². The summed E-state index contributed by atoms with van der Waals surface area (Å²) in [6.45, 7) is 3.62. The summed E-state index contributed by atoms with van der Waals surface area (Å²) in [6, 6.07) is 13.0. The van der Waals surface area contributed by atoms with Crippen molar-refractivity contribution in [2.45, 2.75) is 19.4 Å². The largest absolute Gasteiger partial charge is 0.506 e.